The Labute approximate surface area is 105 Å². The highest BCUT2D eigenvalue weighted by Gasteiger charge is 1.99. The van der Waals surface area contributed by atoms with Gasteiger partial charge in [0.05, 0.1) is 19.7 Å². The number of hydrogen-bond acceptors (Lipinski definition) is 4. The summed E-state index contributed by atoms with van der Waals surface area (Å²) < 4.78 is 9.59. The third kappa shape index (κ3) is 2.66. The van der Waals surface area contributed by atoms with E-state index < -0.39 is 0 Å². The van der Waals surface area contributed by atoms with Crippen LogP contribution in [0.1, 0.15) is 5.56 Å². The summed E-state index contributed by atoms with van der Waals surface area (Å²) in [5.74, 6) is 0.211. The van der Waals surface area contributed by atoms with Crippen molar-refractivity contribution in [3.63, 3.8) is 0 Å². The molecule has 1 aromatic heterocycles. The summed E-state index contributed by atoms with van der Waals surface area (Å²) in [4.78, 5) is 15.3. The van der Waals surface area contributed by atoms with Crippen molar-refractivity contribution in [2.24, 2.45) is 0 Å². The molecule has 4 nitrogen and oxygen atoms in total. The lowest BCUT2D eigenvalue weighted by Crippen LogP contribution is -1.93. The Kier molecular flexibility index (Phi) is 3.57. The molecule has 0 saturated heterocycles. The second-order valence-corrected chi connectivity index (χ2v) is 3.66. The smallest absolute Gasteiger partial charge is 0.330 e. The number of fused-ring (bicyclic) bond motifs is 1. The third-order valence-electron chi connectivity index (χ3n) is 2.51. The summed E-state index contributed by atoms with van der Waals surface area (Å²) in [5, 5.41) is 0.989. The minimum Gasteiger partial charge on any atom is -0.481 e. The van der Waals surface area contributed by atoms with Gasteiger partial charge in [0, 0.05) is 17.5 Å². The highest BCUT2D eigenvalue weighted by Crippen LogP contribution is 2.18. The molecule has 0 unspecified atom stereocenters. The van der Waals surface area contributed by atoms with Crippen LogP contribution in [0.5, 0.6) is 5.88 Å². The van der Waals surface area contributed by atoms with E-state index in [9.17, 15) is 4.79 Å². The number of nitrogens with zero attached hydrogens (tertiary/aromatic N) is 1. The first kappa shape index (κ1) is 12.1. The van der Waals surface area contributed by atoms with E-state index in [4.69, 9.17) is 4.74 Å². The van der Waals surface area contributed by atoms with E-state index in [1.54, 1.807) is 19.3 Å². The van der Waals surface area contributed by atoms with Gasteiger partial charge in [-0.15, -0.1) is 0 Å². The first-order chi connectivity index (χ1) is 8.72. The van der Waals surface area contributed by atoms with Crippen LogP contribution in [0.15, 0.2) is 36.4 Å². The maximum atomic E-state index is 11.0. The van der Waals surface area contributed by atoms with Gasteiger partial charge in [-0.2, -0.15) is 0 Å². The van der Waals surface area contributed by atoms with Gasteiger partial charge >= 0.3 is 5.97 Å². The molecule has 1 heterocycles. The van der Waals surface area contributed by atoms with Crippen molar-refractivity contribution in [2.45, 2.75) is 0 Å². The zero-order chi connectivity index (χ0) is 13.0. The fourth-order valence-electron chi connectivity index (χ4n) is 1.58. The molecule has 0 saturated carbocycles. The van der Waals surface area contributed by atoms with Gasteiger partial charge in [0.1, 0.15) is 0 Å². The minimum absolute atomic E-state index is 0.372. The van der Waals surface area contributed by atoms with E-state index in [0.29, 0.717) is 5.88 Å². The largest absolute Gasteiger partial charge is 0.481 e. The summed E-state index contributed by atoms with van der Waals surface area (Å²) in [5.41, 5.74) is 1.77. The van der Waals surface area contributed by atoms with Crippen molar-refractivity contribution in [1.29, 1.82) is 0 Å². The molecule has 0 atom stereocenters. The highest BCUT2D eigenvalue weighted by molar-refractivity contribution is 5.88. The van der Waals surface area contributed by atoms with Crippen LogP contribution in [-0.2, 0) is 9.53 Å². The van der Waals surface area contributed by atoms with Crippen molar-refractivity contribution in [1.82, 2.24) is 4.98 Å². The quantitative estimate of drug-likeness (QED) is 0.613. The van der Waals surface area contributed by atoms with Gasteiger partial charge in [0.25, 0.3) is 0 Å². The second-order valence-electron chi connectivity index (χ2n) is 3.66. The number of pyridine rings is 1. The number of methoxy groups -OCH3 is 2. The molecule has 1 aromatic carbocycles. The molecule has 2 aromatic rings. The molecule has 0 N–H and O–H groups in total. The lowest BCUT2D eigenvalue weighted by Gasteiger charge is -2.02. The monoisotopic (exact) mass is 243 g/mol. The van der Waals surface area contributed by atoms with Gasteiger partial charge < -0.3 is 9.47 Å². The molecule has 2 rings (SSSR count). The van der Waals surface area contributed by atoms with Gasteiger partial charge in [0.15, 0.2) is 0 Å². The first-order valence-electron chi connectivity index (χ1n) is 5.44. The van der Waals surface area contributed by atoms with E-state index >= 15 is 0 Å². The number of benzene rings is 1. The number of carbonyl (C=O) groups is 1. The Morgan fingerprint density at radius 1 is 1.22 bits per heavy atom. The molecule has 0 spiro atoms. The standard InChI is InChI=1S/C14H13NO3/c1-17-13-7-5-11-9-10(3-6-12(11)15-13)4-8-14(16)18-2/h3-9H,1-2H3. The number of esters is 1. The van der Waals surface area contributed by atoms with Crippen LogP contribution in [0.25, 0.3) is 17.0 Å². The van der Waals surface area contributed by atoms with Crippen LogP contribution >= 0.6 is 0 Å². The SMILES string of the molecule is COC(=O)C=Cc1ccc2nc(OC)ccc2c1. The van der Waals surface area contributed by atoms with Crippen LogP contribution in [-0.4, -0.2) is 25.2 Å². The highest BCUT2D eigenvalue weighted by atomic mass is 16.5. The second kappa shape index (κ2) is 5.31. The zero-order valence-electron chi connectivity index (χ0n) is 10.2. The Bertz CT molecular complexity index is 605. The molecule has 4 heteroatoms. The van der Waals surface area contributed by atoms with Crippen LogP contribution in [0.3, 0.4) is 0 Å². The molecule has 18 heavy (non-hydrogen) atoms. The summed E-state index contributed by atoms with van der Waals surface area (Å²) in [6, 6.07) is 9.44. The van der Waals surface area contributed by atoms with E-state index in [2.05, 4.69) is 9.72 Å². The summed E-state index contributed by atoms with van der Waals surface area (Å²) >= 11 is 0. The molecular weight excluding hydrogens is 230 g/mol. The van der Waals surface area contributed by atoms with Gasteiger partial charge in [-0.25, -0.2) is 9.78 Å². The van der Waals surface area contributed by atoms with Gasteiger partial charge in [-0.1, -0.05) is 6.07 Å². The fourth-order valence-corrected chi connectivity index (χ4v) is 1.58. The normalized spacial score (nSPS) is 10.8. The van der Waals surface area contributed by atoms with Crippen molar-refractivity contribution in [3.05, 3.63) is 42.0 Å². The number of rotatable bonds is 3. The number of aromatic nitrogens is 1. The van der Waals surface area contributed by atoms with Crippen LogP contribution < -0.4 is 4.74 Å². The van der Waals surface area contributed by atoms with Crippen LogP contribution in [0.2, 0.25) is 0 Å². The first-order valence-corrected chi connectivity index (χ1v) is 5.44. The fraction of sp³-hybridized carbons (Fsp3) is 0.143. The van der Waals surface area contributed by atoms with Crippen molar-refractivity contribution in [3.8, 4) is 5.88 Å². The lowest BCUT2D eigenvalue weighted by atomic mass is 10.1. The van der Waals surface area contributed by atoms with Crippen LogP contribution in [0, 0.1) is 0 Å². The lowest BCUT2D eigenvalue weighted by molar-refractivity contribution is -0.134. The maximum Gasteiger partial charge on any atom is 0.330 e. The predicted octanol–water partition coefficient (Wildman–Crippen LogP) is 2.43. The van der Waals surface area contributed by atoms with E-state index in [-0.39, 0.29) is 5.97 Å². The Morgan fingerprint density at radius 2 is 2.06 bits per heavy atom. The summed E-state index contributed by atoms with van der Waals surface area (Å²) in [6.45, 7) is 0. The topological polar surface area (TPSA) is 48.4 Å². The van der Waals surface area contributed by atoms with Crippen molar-refractivity contribution in [2.75, 3.05) is 14.2 Å². The van der Waals surface area contributed by atoms with Gasteiger partial charge in [0.2, 0.25) is 5.88 Å². The predicted molar refractivity (Wildman–Crippen MR) is 69.3 cm³/mol. The molecule has 0 aliphatic rings. The molecule has 92 valence electrons. The van der Waals surface area contributed by atoms with Crippen LogP contribution in [0.4, 0.5) is 0 Å². The molecule has 0 aliphatic carbocycles. The number of carbonyl (C=O) groups excluding carboxylic acids is 1. The molecule has 0 bridgehead atoms. The van der Waals surface area contributed by atoms with Crippen molar-refractivity contribution < 1.29 is 14.3 Å². The number of hydrogen-bond donors (Lipinski definition) is 0. The average molecular weight is 243 g/mol. The van der Waals surface area contributed by atoms with E-state index in [1.807, 2.05) is 24.3 Å². The number of ether oxygens (including phenoxy) is 2. The average Bonchev–Trinajstić information content (AvgIpc) is 2.43. The molecule has 0 amide bonds. The van der Waals surface area contributed by atoms with Crippen molar-refractivity contribution >= 4 is 22.9 Å². The molecule has 0 radical (unpaired) electrons. The molecular formula is C14H13NO3. The Balaban J connectivity index is 2.33. The van der Waals surface area contributed by atoms with Gasteiger partial charge in [-0.05, 0) is 29.8 Å². The molecule has 0 aliphatic heterocycles. The summed E-state index contributed by atoms with van der Waals surface area (Å²) in [6.07, 6.45) is 3.09. The van der Waals surface area contributed by atoms with E-state index in [0.717, 1.165) is 16.5 Å². The Morgan fingerprint density at radius 3 is 2.78 bits per heavy atom. The van der Waals surface area contributed by atoms with E-state index in [1.165, 1.54) is 13.2 Å². The Hall–Kier alpha value is -2.36. The minimum atomic E-state index is -0.372. The molecule has 0 fully saturated rings. The van der Waals surface area contributed by atoms with Gasteiger partial charge in [-0.3, -0.25) is 0 Å². The maximum absolute atomic E-state index is 11.0. The third-order valence-corrected chi connectivity index (χ3v) is 2.51. The zero-order valence-corrected chi connectivity index (χ0v) is 10.2. The summed E-state index contributed by atoms with van der Waals surface area (Å²) in [7, 11) is 2.94.